The molecule has 0 aliphatic rings. The minimum Gasteiger partial charge on any atom is -0.435 e. The maximum Gasteiger partial charge on any atom is 0.387 e. The van der Waals surface area contributed by atoms with Gasteiger partial charge in [-0.05, 0) is 120 Å². The number of unbranched alkanes of at least 4 members (excludes halogenated alkanes) is 1. The van der Waals surface area contributed by atoms with E-state index < -0.39 is 13.2 Å². The van der Waals surface area contributed by atoms with Crippen molar-refractivity contribution in [2.45, 2.75) is 52.8 Å². The van der Waals surface area contributed by atoms with Gasteiger partial charge in [0.1, 0.15) is 17.3 Å². The molecule has 0 spiro atoms. The van der Waals surface area contributed by atoms with Gasteiger partial charge in [-0.2, -0.15) is 22.8 Å². The lowest BCUT2D eigenvalue weighted by molar-refractivity contribution is -0.0505. The summed E-state index contributed by atoms with van der Waals surface area (Å²) in [4.78, 5) is 6.81. The Morgan fingerprint density at radius 3 is 1.82 bits per heavy atom. The third-order valence-electron chi connectivity index (χ3n) is 6.33. The topological polar surface area (TPSA) is 51.0 Å². The van der Waals surface area contributed by atoms with Crippen molar-refractivity contribution in [1.29, 1.82) is 5.26 Å². The molecule has 0 aromatic heterocycles. The first-order chi connectivity index (χ1) is 24.1. The molecule has 4 rings (SSSR count). The Labute approximate surface area is 309 Å². The number of aryl methyl sites for hydroxylation is 2. The minimum atomic E-state index is -2.85. The summed E-state index contributed by atoms with van der Waals surface area (Å²) in [6.45, 7) is 8.86. The molecule has 0 amide bonds. The van der Waals surface area contributed by atoms with Crippen LogP contribution in [0.3, 0.4) is 0 Å². The monoisotopic (exact) mass is 809 g/mol. The minimum absolute atomic E-state index is 0. The van der Waals surface area contributed by atoms with Crippen LogP contribution >= 0.6 is 22.6 Å². The van der Waals surface area contributed by atoms with Crippen molar-refractivity contribution in [1.82, 2.24) is 0 Å². The highest BCUT2D eigenvalue weighted by Gasteiger charge is 2.06. The number of halogens is 6. The molecule has 0 N–H and O–H groups in total. The molecule has 0 fully saturated rings. The summed E-state index contributed by atoms with van der Waals surface area (Å²) in [5.41, 5.74) is 4.16. The molecule has 0 bridgehead atoms. The normalized spacial score (nSPS) is 9.41. The Bertz CT molecular complexity index is 1900. The van der Waals surface area contributed by atoms with Gasteiger partial charge in [0.2, 0.25) is 6.54 Å². The van der Waals surface area contributed by atoms with E-state index in [4.69, 9.17) is 24.8 Å². The van der Waals surface area contributed by atoms with Gasteiger partial charge in [-0.1, -0.05) is 43.4 Å². The quantitative estimate of drug-likeness (QED) is 0.0527. The first kappa shape index (κ1) is 43.5. The second kappa shape index (κ2) is 24.6. The van der Waals surface area contributed by atoms with Crippen LogP contribution in [0.25, 0.3) is 9.69 Å². The summed E-state index contributed by atoms with van der Waals surface area (Å²) in [6, 6.07) is 24.5. The number of nitriles is 1. The van der Waals surface area contributed by atoms with Gasteiger partial charge in [0.15, 0.2) is 5.69 Å². The third kappa shape index (κ3) is 17.6. The number of hydrogen-bond acceptors (Lipinski definition) is 3. The first-order valence-electron chi connectivity index (χ1n) is 14.8. The van der Waals surface area contributed by atoms with Crippen LogP contribution in [0.15, 0.2) is 84.9 Å². The van der Waals surface area contributed by atoms with Gasteiger partial charge < -0.3 is 14.3 Å². The fraction of sp³-hybridized carbons (Fsp3) is 0.225. The molecule has 51 heavy (non-hydrogen) atoms. The van der Waals surface area contributed by atoms with Crippen LogP contribution in [0.4, 0.5) is 27.6 Å². The highest BCUT2D eigenvalue weighted by molar-refractivity contribution is 14.1. The van der Waals surface area contributed by atoms with E-state index in [2.05, 4.69) is 59.5 Å². The molecule has 0 saturated carbocycles. The summed E-state index contributed by atoms with van der Waals surface area (Å²) in [5.74, 6) is 8.44. The Morgan fingerprint density at radius 1 is 0.745 bits per heavy atom. The van der Waals surface area contributed by atoms with Gasteiger partial charge in [-0.15, -0.1) is 6.42 Å². The highest BCUT2D eigenvalue weighted by atomic mass is 127. The number of hydrogen-bond donors (Lipinski definition) is 0. The van der Waals surface area contributed by atoms with E-state index in [0.29, 0.717) is 61.0 Å². The molecule has 0 aliphatic carbocycles. The van der Waals surface area contributed by atoms with Crippen LogP contribution in [0.2, 0.25) is 0 Å². The lowest BCUT2D eigenvalue weighted by atomic mass is 10.0. The predicted octanol–water partition coefficient (Wildman–Crippen LogP) is 11.3. The van der Waals surface area contributed by atoms with E-state index in [9.17, 15) is 22.0 Å². The molecule has 0 atom stereocenters. The standard InChI is InChI=1S/C20H14F2N2O.C12H10FN.C7H5F2IO.CH4/c1-23-13-3-4-17-14-16(9-12-19(17)24-2)6-5-15-7-10-18(11-8-15)25-20(21)22;1-2-10-6-7-12(13)11(9-10)5-3-4-8-14;8-7(9)11-6-3-1-5(10)2-4-6;/h7-12,14,20H,3-4,13H2;1,6-7,9H,3-5H2;1-4,7H;1H4. The smallest absolute Gasteiger partial charge is 0.387 e. The molecule has 11 heteroatoms. The number of terminal acetylenes is 1. The highest BCUT2D eigenvalue weighted by Crippen LogP contribution is 2.22. The van der Waals surface area contributed by atoms with Gasteiger partial charge in [-0.25, -0.2) is 15.8 Å². The van der Waals surface area contributed by atoms with E-state index in [0.717, 1.165) is 14.7 Å². The Hall–Kier alpha value is -5.55. The van der Waals surface area contributed by atoms with Crippen LogP contribution in [-0.4, -0.2) is 19.8 Å². The lowest BCUT2D eigenvalue weighted by Crippen LogP contribution is -2.01. The molecule has 4 aromatic rings. The van der Waals surface area contributed by atoms with Crippen molar-refractivity contribution in [3.8, 4) is 41.8 Å². The van der Waals surface area contributed by atoms with Crippen molar-refractivity contribution in [3.05, 3.63) is 145 Å². The molecule has 4 aromatic carbocycles. The Morgan fingerprint density at radius 2 is 1.27 bits per heavy atom. The molecule has 0 unspecified atom stereocenters. The van der Waals surface area contributed by atoms with Crippen LogP contribution in [0, 0.1) is 58.0 Å². The van der Waals surface area contributed by atoms with Crippen molar-refractivity contribution < 1.29 is 31.4 Å². The average Bonchev–Trinajstić information content (AvgIpc) is 3.10. The van der Waals surface area contributed by atoms with Crippen LogP contribution in [-0.2, 0) is 12.8 Å². The molecule has 0 aliphatic heterocycles. The van der Waals surface area contributed by atoms with Crippen molar-refractivity contribution >= 4 is 28.3 Å². The second-order valence-electron chi connectivity index (χ2n) is 9.89. The summed E-state index contributed by atoms with van der Waals surface area (Å²) in [7, 11) is 0. The molecule has 0 heterocycles. The zero-order chi connectivity index (χ0) is 36.7. The number of alkyl halides is 4. The van der Waals surface area contributed by atoms with E-state index >= 15 is 0 Å². The summed E-state index contributed by atoms with van der Waals surface area (Å²) < 4.78 is 70.0. The van der Waals surface area contributed by atoms with Crippen molar-refractivity contribution in [2.75, 3.05) is 6.54 Å². The largest absolute Gasteiger partial charge is 0.435 e. The Kier molecular flexibility index (Phi) is 20.9. The number of rotatable bonds is 10. The molecule has 0 radical (unpaired) electrons. The predicted molar refractivity (Wildman–Crippen MR) is 197 cm³/mol. The summed E-state index contributed by atoms with van der Waals surface area (Å²) >= 11 is 2.09. The summed E-state index contributed by atoms with van der Waals surface area (Å²) in [6.07, 6.45) is 8.24. The van der Waals surface area contributed by atoms with Crippen LogP contribution < -0.4 is 9.47 Å². The van der Waals surface area contributed by atoms with E-state index in [1.165, 1.54) is 30.3 Å². The van der Waals surface area contributed by atoms with E-state index in [1.54, 1.807) is 48.5 Å². The molecular formula is C40H33F5IN3O2. The fourth-order valence-corrected chi connectivity index (χ4v) is 4.37. The van der Waals surface area contributed by atoms with E-state index in [-0.39, 0.29) is 24.7 Å². The molecule has 262 valence electrons. The second-order valence-corrected chi connectivity index (χ2v) is 11.1. The Balaban J connectivity index is 0.000000422. The number of nitrogens with zero attached hydrogens (tertiary/aromatic N) is 3. The first-order valence-corrected chi connectivity index (χ1v) is 15.9. The number of ether oxygens (including phenoxy) is 2. The number of benzene rings is 4. The van der Waals surface area contributed by atoms with Gasteiger partial charge in [0.25, 0.3) is 0 Å². The van der Waals surface area contributed by atoms with E-state index in [1.807, 2.05) is 12.1 Å². The maximum absolute atomic E-state index is 13.2. The molecule has 0 saturated heterocycles. The molecular weight excluding hydrogens is 776 g/mol. The van der Waals surface area contributed by atoms with Gasteiger partial charge in [0, 0.05) is 33.1 Å². The zero-order valence-corrected chi connectivity index (χ0v) is 28.6. The summed E-state index contributed by atoms with van der Waals surface area (Å²) in [5, 5.41) is 8.34. The van der Waals surface area contributed by atoms with Gasteiger partial charge in [-0.3, -0.25) is 0 Å². The van der Waals surface area contributed by atoms with Crippen LogP contribution in [0.5, 0.6) is 11.5 Å². The zero-order valence-electron chi connectivity index (χ0n) is 26.5. The van der Waals surface area contributed by atoms with Crippen molar-refractivity contribution in [2.24, 2.45) is 0 Å². The van der Waals surface area contributed by atoms with Gasteiger partial charge in [0.05, 0.1) is 12.6 Å². The lowest BCUT2D eigenvalue weighted by Gasteiger charge is -2.03. The van der Waals surface area contributed by atoms with Crippen LogP contribution in [0.1, 0.15) is 54.5 Å². The SMILES string of the molecule is C.C#Cc1ccc(F)c(CCCC#N)c1.FC(F)Oc1ccc(I)cc1.[C-]#[N+]CCCc1cc(C#Cc2ccc(OC(F)F)cc2)ccc1[N+]#[C-]. The third-order valence-corrected chi connectivity index (χ3v) is 7.05. The fourth-order valence-electron chi connectivity index (χ4n) is 4.02. The van der Waals surface area contributed by atoms with Crippen molar-refractivity contribution in [3.63, 3.8) is 0 Å². The molecule has 5 nitrogen and oxygen atoms in total. The maximum atomic E-state index is 13.2. The average molecular weight is 810 g/mol. The van der Waals surface area contributed by atoms with Gasteiger partial charge >= 0.3 is 13.2 Å².